The van der Waals surface area contributed by atoms with E-state index in [1.165, 1.54) is 17.2 Å². The number of halogens is 1. The number of nitrogens with zero attached hydrogens (tertiary/aromatic N) is 3. The van der Waals surface area contributed by atoms with Crippen LogP contribution in [0, 0.1) is 19.7 Å². The van der Waals surface area contributed by atoms with Crippen molar-refractivity contribution in [1.82, 2.24) is 9.99 Å². The second-order valence-electron chi connectivity index (χ2n) is 7.98. The number of benzene rings is 3. The second-order valence-corrected chi connectivity index (χ2v) is 7.98. The van der Waals surface area contributed by atoms with Crippen LogP contribution in [-0.2, 0) is 4.79 Å². The van der Waals surface area contributed by atoms with Crippen LogP contribution in [0.4, 0.5) is 10.1 Å². The van der Waals surface area contributed by atoms with Crippen molar-refractivity contribution in [3.63, 3.8) is 0 Å². The van der Waals surface area contributed by atoms with Gasteiger partial charge in [-0.25, -0.2) is 9.82 Å². The van der Waals surface area contributed by atoms with Crippen molar-refractivity contribution in [2.24, 2.45) is 5.10 Å². The van der Waals surface area contributed by atoms with E-state index in [1.54, 1.807) is 28.8 Å². The van der Waals surface area contributed by atoms with Crippen LogP contribution in [0.25, 0.3) is 16.5 Å². The highest BCUT2D eigenvalue weighted by Crippen LogP contribution is 2.36. The summed E-state index contributed by atoms with van der Waals surface area (Å²) < 4.78 is 16.1. The lowest BCUT2D eigenvalue weighted by Gasteiger charge is -2.16. The first-order valence-corrected chi connectivity index (χ1v) is 10.5. The maximum atomic E-state index is 14.3. The Labute approximate surface area is 189 Å². The van der Waals surface area contributed by atoms with E-state index in [0.29, 0.717) is 11.3 Å². The zero-order valence-electron chi connectivity index (χ0n) is 18.2. The van der Waals surface area contributed by atoms with Crippen LogP contribution >= 0.6 is 0 Å². The lowest BCUT2D eigenvalue weighted by atomic mass is 10.1. The molecule has 0 atom stereocenters. The first-order chi connectivity index (χ1) is 16.0. The fourth-order valence-corrected chi connectivity index (χ4v) is 4.41. The van der Waals surface area contributed by atoms with Gasteiger partial charge < -0.3 is 4.57 Å². The van der Waals surface area contributed by atoms with Gasteiger partial charge in [-0.05, 0) is 49.6 Å². The molecule has 0 bridgehead atoms. The molecule has 3 aromatic carbocycles. The summed E-state index contributed by atoms with van der Waals surface area (Å²) in [6.07, 6.45) is 1.53. The largest absolute Gasteiger partial charge is 0.315 e. The zero-order chi connectivity index (χ0) is 23.1. The maximum Gasteiger partial charge on any atom is 0.260 e. The predicted molar refractivity (Wildman–Crippen MR) is 127 cm³/mol. The first-order valence-electron chi connectivity index (χ1n) is 10.5. The van der Waals surface area contributed by atoms with Gasteiger partial charge in [0.25, 0.3) is 11.8 Å². The minimum absolute atomic E-state index is 0.141. The Hall–Kier alpha value is -4.26. The predicted octanol–water partition coefficient (Wildman–Crippen LogP) is 4.50. The third kappa shape index (κ3) is 3.47. The van der Waals surface area contributed by atoms with Crippen LogP contribution < -0.4 is 10.3 Å². The highest BCUT2D eigenvalue weighted by Gasteiger charge is 2.30. The lowest BCUT2D eigenvalue weighted by molar-refractivity contribution is -0.119. The van der Waals surface area contributed by atoms with Gasteiger partial charge in [0.05, 0.1) is 17.6 Å². The Balaban J connectivity index is 1.32. The number of carbonyl (C=O) groups is 2. The van der Waals surface area contributed by atoms with Gasteiger partial charge >= 0.3 is 0 Å². The summed E-state index contributed by atoms with van der Waals surface area (Å²) in [4.78, 5) is 26.8. The summed E-state index contributed by atoms with van der Waals surface area (Å²) in [5.74, 6) is -0.927. The number of nitrogens with one attached hydrogen (secondary N) is 1. The highest BCUT2D eigenvalue weighted by atomic mass is 19.1. The summed E-state index contributed by atoms with van der Waals surface area (Å²) in [6.45, 7) is 3.61. The Bertz CT molecular complexity index is 1450. The number of hydrazone groups is 1. The van der Waals surface area contributed by atoms with E-state index in [1.807, 2.05) is 50.2 Å². The molecule has 2 heterocycles. The van der Waals surface area contributed by atoms with Crippen LogP contribution in [-0.4, -0.2) is 29.1 Å². The molecule has 0 saturated carbocycles. The molecule has 164 valence electrons. The quantitative estimate of drug-likeness (QED) is 0.367. The number of hydrogen-bond acceptors (Lipinski definition) is 3. The summed E-state index contributed by atoms with van der Waals surface area (Å²) in [5.41, 5.74) is 6.67. The van der Waals surface area contributed by atoms with E-state index in [4.69, 9.17) is 0 Å². The second kappa shape index (κ2) is 8.02. The number of anilines is 1. The average Bonchev–Trinajstić information content (AvgIpc) is 3.24. The normalized spacial score (nSPS) is 12.8. The van der Waals surface area contributed by atoms with Crippen LogP contribution in [0.1, 0.15) is 27.3 Å². The van der Waals surface area contributed by atoms with Gasteiger partial charge in [-0.1, -0.05) is 36.4 Å². The van der Waals surface area contributed by atoms with Crippen molar-refractivity contribution in [3.8, 4) is 5.69 Å². The molecule has 2 amide bonds. The smallest absolute Gasteiger partial charge is 0.260 e. The zero-order valence-corrected chi connectivity index (χ0v) is 18.2. The number of rotatable bonds is 5. The monoisotopic (exact) mass is 440 g/mol. The third-order valence-corrected chi connectivity index (χ3v) is 5.91. The average molecular weight is 440 g/mol. The number of para-hydroxylation sites is 1. The van der Waals surface area contributed by atoms with Crippen molar-refractivity contribution in [3.05, 3.63) is 95.1 Å². The standard InChI is InChI=1S/C26H21FN4O2/c1-16-13-19(17(2)31(16)22-11-4-3-10-21(22)27)14-28-29-24(32)15-30-23-12-6-8-18-7-5-9-20(25(18)23)26(30)33/h3-14H,15H2,1-2H3,(H,29,32)/b28-14-. The van der Waals surface area contributed by atoms with Gasteiger partial charge in [0.15, 0.2) is 0 Å². The molecule has 0 aliphatic carbocycles. The van der Waals surface area contributed by atoms with E-state index < -0.39 is 5.91 Å². The van der Waals surface area contributed by atoms with Crippen molar-refractivity contribution >= 4 is 34.5 Å². The molecule has 0 spiro atoms. The van der Waals surface area contributed by atoms with Gasteiger partial charge in [0.2, 0.25) is 0 Å². The van der Waals surface area contributed by atoms with Gasteiger partial charge in [0.1, 0.15) is 12.4 Å². The summed E-state index contributed by atoms with van der Waals surface area (Å²) in [7, 11) is 0. The van der Waals surface area contributed by atoms with E-state index in [-0.39, 0.29) is 18.3 Å². The topological polar surface area (TPSA) is 66.7 Å². The number of carbonyl (C=O) groups excluding carboxylic acids is 2. The molecule has 0 unspecified atom stereocenters. The maximum absolute atomic E-state index is 14.3. The lowest BCUT2D eigenvalue weighted by Crippen LogP contribution is -2.37. The SMILES string of the molecule is Cc1cc(/C=N\NC(=O)CN2C(=O)c3cccc4cccc2c34)c(C)n1-c1ccccc1F. The van der Waals surface area contributed by atoms with Gasteiger partial charge in [-0.3, -0.25) is 14.5 Å². The molecule has 1 aliphatic rings. The molecular formula is C26H21FN4O2. The number of aryl methyl sites for hydroxylation is 1. The van der Waals surface area contributed by atoms with E-state index >= 15 is 0 Å². The van der Waals surface area contributed by atoms with Crippen LogP contribution in [0.5, 0.6) is 0 Å². The van der Waals surface area contributed by atoms with Crippen LogP contribution in [0.15, 0.2) is 71.8 Å². The molecule has 1 aliphatic heterocycles. The molecule has 1 N–H and O–H groups in total. The van der Waals surface area contributed by atoms with Crippen molar-refractivity contribution < 1.29 is 14.0 Å². The van der Waals surface area contributed by atoms with E-state index in [9.17, 15) is 14.0 Å². The third-order valence-electron chi connectivity index (χ3n) is 5.91. The van der Waals surface area contributed by atoms with Crippen molar-refractivity contribution in [1.29, 1.82) is 0 Å². The first kappa shape index (κ1) is 20.6. The molecule has 5 rings (SSSR count). The van der Waals surface area contributed by atoms with E-state index in [0.717, 1.165) is 33.4 Å². The molecule has 1 aromatic heterocycles. The van der Waals surface area contributed by atoms with Gasteiger partial charge in [0, 0.05) is 27.9 Å². The number of hydrogen-bond donors (Lipinski definition) is 1. The fourth-order valence-electron chi connectivity index (χ4n) is 4.41. The summed E-state index contributed by atoms with van der Waals surface area (Å²) >= 11 is 0. The van der Waals surface area contributed by atoms with Crippen LogP contribution in [0.2, 0.25) is 0 Å². The molecular weight excluding hydrogens is 419 g/mol. The minimum Gasteiger partial charge on any atom is -0.315 e. The fraction of sp³-hybridized carbons (Fsp3) is 0.115. The Morgan fingerprint density at radius 2 is 1.76 bits per heavy atom. The number of aromatic nitrogens is 1. The number of amides is 2. The molecule has 6 nitrogen and oxygen atoms in total. The van der Waals surface area contributed by atoms with Crippen LogP contribution in [0.3, 0.4) is 0 Å². The molecule has 7 heteroatoms. The van der Waals surface area contributed by atoms with E-state index in [2.05, 4.69) is 10.5 Å². The molecule has 0 fully saturated rings. The van der Waals surface area contributed by atoms with Gasteiger partial charge in [-0.15, -0.1) is 0 Å². The molecule has 33 heavy (non-hydrogen) atoms. The summed E-state index contributed by atoms with van der Waals surface area (Å²) in [5, 5.41) is 5.89. The molecule has 4 aromatic rings. The Morgan fingerprint density at radius 1 is 1.03 bits per heavy atom. The minimum atomic E-state index is -0.410. The summed E-state index contributed by atoms with van der Waals surface area (Å²) in [6, 6.07) is 19.6. The highest BCUT2D eigenvalue weighted by molar-refractivity contribution is 6.26. The Kier molecular flexibility index (Phi) is 5.01. The Morgan fingerprint density at radius 3 is 2.55 bits per heavy atom. The van der Waals surface area contributed by atoms with Crippen molar-refractivity contribution in [2.75, 3.05) is 11.4 Å². The van der Waals surface area contributed by atoms with Gasteiger partial charge in [-0.2, -0.15) is 5.10 Å². The molecule has 0 radical (unpaired) electrons. The van der Waals surface area contributed by atoms with Crippen molar-refractivity contribution in [2.45, 2.75) is 13.8 Å². The molecule has 0 saturated heterocycles.